The van der Waals surface area contributed by atoms with Gasteiger partial charge in [0.05, 0.1) is 0 Å². The first-order valence-electron chi connectivity index (χ1n) is 5.50. The Morgan fingerprint density at radius 2 is 2.28 bits per heavy atom. The number of benzene rings is 1. The zero-order valence-corrected chi connectivity index (χ0v) is 11.7. The lowest BCUT2D eigenvalue weighted by molar-refractivity contribution is 0.664. The average Bonchev–Trinajstić information content (AvgIpc) is 2.67. The molecule has 2 rings (SSSR count). The van der Waals surface area contributed by atoms with Gasteiger partial charge < -0.3 is 5.73 Å². The first-order valence-corrected chi connectivity index (χ1v) is 6.70. The van der Waals surface area contributed by atoms with Gasteiger partial charge in [0.25, 0.3) is 0 Å². The Labute approximate surface area is 115 Å². The maximum absolute atomic E-state index is 6.02. The van der Waals surface area contributed by atoms with Gasteiger partial charge in [-0.3, -0.25) is 0 Å². The third-order valence-corrected chi connectivity index (χ3v) is 3.73. The molecule has 0 amide bonds. The van der Waals surface area contributed by atoms with Crippen molar-refractivity contribution in [3.8, 4) is 0 Å². The zero-order chi connectivity index (χ0) is 13.1. The molecule has 2 aromatic rings. The fraction of sp³-hybridized carbons (Fsp3) is 0.364. The van der Waals surface area contributed by atoms with Crippen LogP contribution in [0.5, 0.6) is 0 Å². The van der Waals surface area contributed by atoms with Gasteiger partial charge >= 0.3 is 0 Å². The van der Waals surface area contributed by atoms with Crippen LogP contribution in [0, 0.1) is 0 Å². The minimum atomic E-state index is 0.0837. The number of halogens is 1. The van der Waals surface area contributed by atoms with Crippen molar-refractivity contribution in [2.45, 2.75) is 29.4 Å². The van der Waals surface area contributed by atoms with Crippen LogP contribution in [0.15, 0.2) is 28.3 Å². The third kappa shape index (κ3) is 3.22. The molecule has 1 heterocycles. The quantitative estimate of drug-likeness (QED) is 0.928. The number of rotatable bonds is 4. The molecule has 0 bridgehead atoms. The van der Waals surface area contributed by atoms with E-state index in [9.17, 15) is 0 Å². The zero-order valence-electron chi connectivity index (χ0n) is 10.2. The lowest BCUT2D eigenvalue weighted by atomic mass is 10.1. The van der Waals surface area contributed by atoms with E-state index in [0.717, 1.165) is 22.0 Å². The van der Waals surface area contributed by atoms with Crippen LogP contribution in [0.25, 0.3) is 0 Å². The highest BCUT2D eigenvalue weighted by Gasteiger charge is 2.11. The highest BCUT2D eigenvalue weighted by molar-refractivity contribution is 7.99. The second-order valence-electron chi connectivity index (χ2n) is 4.12. The molecule has 0 spiro atoms. The van der Waals surface area contributed by atoms with Gasteiger partial charge in [0.15, 0.2) is 0 Å². The van der Waals surface area contributed by atoms with Crippen molar-refractivity contribution in [3.05, 3.63) is 28.8 Å². The third-order valence-electron chi connectivity index (χ3n) is 2.35. The number of tetrazole rings is 1. The van der Waals surface area contributed by atoms with E-state index in [1.165, 1.54) is 11.8 Å². The molecule has 1 unspecified atom stereocenters. The molecule has 18 heavy (non-hydrogen) atoms. The number of nitrogens with zero attached hydrogens (tertiary/aromatic N) is 4. The van der Waals surface area contributed by atoms with Gasteiger partial charge in [-0.1, -0.05) is 11.6 Å². The Balaban J connectivity index is 2.29. The Morgan fingerprint density at radius 1 is 1.50 bits per heavy atom. The van der Waals surface area contributed by atoms with Crippen molar-refractivity contribution in [2.24, 2.45) is 12.8 Å². The molecular weight excluding hydrogens is 270 g/mol. The molecule has 1 aromatic heterocycles. The Morgan fingerprint density at radius 3 is 2.89 bits per heavy atom. The van der Waals surface area contributed by atoms with E-state index in [1.807, 2.05) is 32.2 Å². The monoisotopic (exact) mass is 283 g/mol. The van der Waals surface area contributed by atoms with Crippen molar-refractivity contribution in [3.63, 3.8) is 0 Å². The highest BCUT2D eigenvalue weighted by Crippen LogP contribution is 2.30. The van der Waals surface area contributed by atoms with Gasteiger partial charge in [0, 0.05) is 23.0 Å². The van der Waals surface area contributed by atoms with Crippen LogP contribution in [0.2, 0.25) is 5.02 Å². The van der Waals surface area contributed by atoms with Gasteiger partial charge in [-0.05, 0) is 59.3 Å². The fourth-order valence-corrected chi connectivity index (χ4v) is 2.61. The van der Waals surface area contributed by atoms with Crippen molar-refractivity contribution < 1.29 is 0 Å². The summed E-state index contributed by atoms with van der Waals surface area (Å²) in [4.78, 5) is 1.08. The van der Waals surface area contributed by atoms with Crippen LogP contribution in [-0.2, 0) is 13.5 Å². The molecule has 2 N–H and O–H groups in total. The summed E-state index contributed by atoms with van der Waals surface area (Å²) >= 11 is 7.53. The molecule has 0 aliphatic carbocycles. The first-order chi connectivity index (χ1) is 8.56. The Hall–Kier alpha value is -1.11. The lowest BCUT2D eigenvalue weighted by Gasteiger charge is -2.11. The maximum atomic E-state index is 6.02. The molecule has 0 fully saturated rings. The number of hydrogen-bond donors (Lipinski definition) is 1. The summed E-state index contributed by atoms with van der Waals surface area (Å²) in [6.07, 6.45) is 0.772. The summed E-state index contributed by atoms with van der Waals surface area (Å²) in [6, 6.07) is 5.86. The molecule has 0 aliphatic heterocycles. The summed E-state index contributed by atoms with van der Waals surface area (Å²) in [6.45, 7) is 1.97. The molecule has 0 saturated carbocycles. The summed E-state index contributed by atoms with van der Waals surface area (Å²) < 4.78 is 1.63. The summed E-state index contributed by atoms with van der Waals surface area (Å²) in [5, 5.41) is 12.8. The maximum Gasteiger partial charge on any atom is 0.213 e. The number of aromatic nitrogens is 4. The molecule has 1 aromatic carbocycles. The molecule has 0 saturated heterocycles. The normalized spacial score (nSPS) is 12.7. The van der Waals surface area contributed by atoms with Crippen molar-refractivity contribution in [1.29, 1.82) is 0 Å². The van der Waals surface area contributed by atoms with E-state index < -0.39 is 0 Å². The SMILES string of the molecule is CC(N)Cc1cc(Cl)ccc1Sc1nnnn1C. The first kappa shape index (κ1) is 13.3. The van der Waals surface area contributed by atoms with E-state index >= 15 is 0 Å². The Bertz CT molecular complexity index is 540. The predicted molar refractivity (Wildman–Crippen MR) is 71.7 cm³/mol. The molecule has 0 aliphatic rings. The average molecular weight is 284 g/mol. The fourth-order valence-electron chi connectivity index (χ4n) is 1.56. The van der Waals surface area contributed by atoms with Crippen LogP contribution < -0.4 is 5.73 Å². The molecule has 96 valence electrons. The molecule has 7 heteroatoms. The molecule has 1 atom stereocenters. The molecule has 5 nitrogen and oxygen atoms in total. The summed E-state index contributed by atoms with van der Waals surface area (Å²) in [5.41, 5.74) is 6.97. The second-order valence-corrected chi connectivity index (χ2v) is 5.57. The van der Waals surface area contributed by atoms with Crippen molar-refractivity contribution in [2.75, 3.05) is 0 Å². The summed E-state index contributed by atoms with van der Waals surface area (Å²) in [5.74, 6) is 0. The largest absolute Gasteiger partial charge is 0.328 e. The van der Waals surface area contributed by atoms with Crippen molar-refractivity contribution >= 4 is 23.4 Å². The Kier molecular flexibility index (Phi) is 4.21. The molecule has 0 radical (unpaired) electrons. The van der Waals surface area contributed by atoms with Crippen LogP contribution in [0.4, 0.5) is 0 Å². The van der Waals surface area contributed by atoms with Gasteiger partial charge in [-0.15, -0.1) is 5.10 Å². The second kappa shape index (κ2) is 5.69. The number of hydrogen-bond acceptors (Lipinski definition) is 5. The standard InChI is InChI=1S/C11H14ClN5S/c1-7(13)5-8-6-9(12)3-4-10(8)18-11-14-15-16-17(11)2/h3-4,6-7H,5,13H2,1-2H3. The summed E-state index contributed by atoms with van der Waals surface area (Å²) in [7, 11) is 1.81. The van der Waals surface area contributed by atoms with Crippen molar-refractivity contribution in [1.82, 2.24) is 20.2 Å². The minimum Gasteiger partial charge on any atom is -0.328 e. The van der Waals surface area contributed by atoms with Crippen LogP contribution >= 0.6 is 23.4 Å². The van der Waals surface area contributed by atoms with Gasteiger partial charge in [-0.25, -0.2) is 4.68 Å². The van der Waals surface area contributed by atoms with Crippen LogP contribution in [0.1, 0.15) is 12.5 Å². The van der Waals surface area contributed by atoms with Gasteiger partial charge in [0.1, 0.15) is 0 Å². The van der Waals surface area contributed by atoms with E-state index in [2.05, 4.69) is 15.5 Å². The van der Waals surface area contributed by atoms with E-state index in [4.69, 9.17) is 17.3 Å². The predicted octanol–water partition coefficient (Wildman–Crippen LogP) is 1.90. The smallest absolute Gasteiger partial charge is 0.213 e. The van der Waals surface area contributed by atoms with Gasteiger partial charge in [0.2, 0.25) is 5.16 Å². The number of nitrogens with two attached hydrogens (primary N) is 1. The van der Waals surface area contributed by atoms with Gasteiger partial charge in [-0.2, -0.15) is 0 Å². The van der Waals surface area contributed by atoms with E-state index in [1.54, 1.807) is 4.68 Å². The lowest BCUT2D eigenvalue weighted by Crippen LogP contribution is -2.18. The minimum absolute atomic E-state index is 0.0837. The van der Waals surface area contributed by atoms with E-state index in [0.29, 0.717) is 5.02 Å². The molecular formula is C11H14ClN5S. The highest BCUT2D eigenvalue weighted by atomic mass is 35.5. The van der Waals surface area contributed by atoms with Crippen LogP contribution in [0.3, 0.4) is 0 Å². The topological polar surface area (TPSA) is 69.6 Å². The van der Waals surface area contributed by atoms with E-state index in [-0.39, 0.29) is 6.04 Å². The van der Waals surface area contributed by atoms with Crippen LogP contribution in [-0.4, -0.2) is 26.2 Å². The number of aryl methyl sites for hydroxylation is 1.